The molecular formula is C18H18F2N2O4S. The number of rotatable bonds is 4. The van der Waals surface area contributed by atoms with Crippen LogP contribution in [-0.2, 0) is 14.8 Å². The maximum atomic E-state index is 13.6. The molecule has 1 unspecified atom stereocenters. The molecule has 1 amide bonds. The Hall–Kier alpha value is -2.36. The number of sulfonamides is 1. The first-order valence-corrected chi connectivity index (χ1v) is 9.70. The van der Waals surface area contributed by atoms with Crippen LogP contribution in [-0.4, -0.2) is 44.4 Å². The summed E-state index contributed by atoms with van der Waals surface area (Å²) < 4.78 is 59.3. The average Bonchev–Trinajstić information content (AvgIpc) is 2.65. The number of nitrogens with zero attached hydrogens (tertiary/aromatic N) is 1. The summed E-state index contributed by atoms with van der Waals surface area (Å²) in [5.74, 6) is -2.55. The third-order valence-electron chi connectivity index (χ3n) is 4.16. The number of carbonyl (C=O) groups is 1. The van der Waals surface area contributed by atoms with Crippen molar-refractivity contribution in [2.24, 2.45) is 0 Å². The van der Waals surface area contributed by atoms with E-state index in [2.05, 4.69) is 5.32 Å². The fourth-order valence-electron chi connectivity index (χ4n) is 2.74. The van der Waals surface area contributed by atoms with Crippen molar-refractivity contribution < 1.29 is 26.7 Å². The summed E-state index contributed by atoms with van der Waals surface area (Å²) >= 11 is 0. The predicted molar refractivity (Wildman–Crippen MR) is 94.9 cm³/mol. The van der Waals surface area contributed by atoms with Gasteiger partial charge in [-0.05, 0) is 43.3 Å². The number of hydrogen-bond acceptors (Lipinski definition) is 4. The molecule has 1 aliphatic rings. The quantitative estimate of drug-likeness (QED) is 0.862. The molecule has 2 aromatic carbocycles. The third-order valence-corrected chi connectivity index (χ3v) is 6.04. The Morgan fingerprint density at radius 2 is 1.78 bits per heavy atom. The monoisotopic (exact) mass is 396 g/mol. The number of ether oxygens (including phenoxy) is 1. The highest BCUT2D eigenvalue weighted by atomic mass is 32.2. The van der Waals surface area contributed by atoms with Gasteiger partial charge in [0.1, 0.15) is 17.3 Å². The Kier molecular flexibility index (Phi) is 5.54. The Balaban J connectivity index is 1.77. The molecule has 1 aliphatic heterocycles. The summed E-state index contributed by atoms with van der Waals surface area (Å²) in [6, 6.07) is 8.42. The van der Waals surface area contributed by atoms with Crippen molar-refractivity contribution in [3.8, 4) is 0 Å². The molecule has 9 heteroatoms. The molecule has 2 aromatic rings. The fourth-order valence-corrected chi connectivity index (χ4v) is 4.23. The van der Waals surface area contributed by atoms with Gasteiger partial charge in [-0.15, -0.1) is 0 Å². The molecule has 0 radical (unpaired) electrons. The molecular weight excluding hydrogens is 378 g/mol. The van der Waals surface area contributed by atoms with E-state index in [9.17, 15) is 22.0 Å². The first-order chi connectivity index (χ1) is 12.8. The second-order valence-electron chi connectivity index (χ2n) is 6.12. The molecule has 0 aromatic heterocycles. The van der Waals surface area contributed by atoms with E-state index in [0.29, 0.717) is 6.61 Å². The minimum Gasteiger partial charge on any atom is -0.376 e. The third kappa shape index (κ3) is 4.15. The highest BCUT2D eigenvalue weighted by molar-refractivity contribution is 7.89. The number of halogens is 2. The standard InChI is InChI=1S/C18H18F2N2O4S/c1-12-11-22(9-10-26-12)27(24,25)14-7-5-13(6-8-14)18(23)21-17-15(19)3-2-4-16(17)20/h2-8,12H,9-11H2,1H3,(H,21,23). The summed E-state index contributed by atoms with van der Waals surface area (Å²) in [6.45, 7) is 2.60. The summed E-state index contributed by atoms with van der Waals surface area (Å²) in [5, 5.41) is 2.16. The van der Waals surface area contributed by atoms with Crippen molar-refractivity contribution in [1.29, 1.82) is 0 Å². The van der Waals surface area contributed by atoms with Gasteiger partial charge >= 0.3 is 0 Å². The number of hydrogen-bond donors (Lipinski definition) is 1. The first-order valence-electron chi connectivity index (χ1n) is 8.26. The SMILES string of the molecule is CC1CN(S(=O)(=O)c2ccc(C(=O)Nc3c(F)cccc3F)cc2)CCO1. The Morgan fingerprint density at radius 1 is 1.15 bits per heavy atom. The first kappa shape index (κ1) is 19.4. The minimum absolute atomic E-state index is 0.0326. The fraction of sp³-hybridized carbons (Fsp3) is 0.278. The van der Waals surface area contributed by atoms with Crippen molar-refractivity contribution in [3.63, 3.8) is 0 Å². The molecule has 1 fully saturated rings. The lowest BCUT2D eigenvalue weighted by molar-refractivity contribution is 0.0102. The molecule has 1 saturated heterocycles. The Bertz CT molecular complexity index is 928. The minimum atomic E-state index is -3.71. The summed E-state index contributed by atoms with van der Waals surface area (Å²) in [6.07, 6.45) is -0.200. The lowest BCUT2D eigenvalue weighted by atomic mass is 10.2. The highest BCUT2D eigenvalue weighted by Crippen LogP contribution is 2.21. The maximum absolute atomic E-state index is 13.6. The molecule has 3 rings (SSSR count). The highest BCUT2D eigenvalue weighted by Gasteiger charge is 2.29. The van der Waals surface area contributed by atoms with Crippen molar-refractivity contribution in [3.05, 3.63) is 59.7 Å². The maximum Gasteiger partial charge on any atom is 0.255 e. The van der Waals surface area contributed by atoms with Crippen molar-refractivity contribution >= 4 is 21.6 Å². The molecule has 6 nitrogen and oxygen atoms in total. The molecule has 0 saturated carbocycles. The zero-order chi connectivity index (χ0) is 19.6. The molecule has 0 spiro atoms. The number of carbonyl (C=O) groups excluding carboxylic acids is 1. The average molecular weight is 396 g/mol. The van der Waals surface area contributed by atoms with Crippen LogP contribution in [0.3, 0.4) is 0 Å². The Labute approximate surface area is 155 Å². The number of amides is 1. The number of anilines is 1. The van der Waals surface area contributed by atoms with Crippen LogP contribution in [0.4, 0.5) is 14.5 Å². The van der Waals surface area contributed by atoms with Gasteiger partial charge in [-0.25, -0.2) is 17.2 Å². The van der Waals surface area contributed by atoms with Gasteiger partial charge in [0, 0.05) is 18.7 Å². The normalized spacial score (nSPS) is 18.3. The Morgan fingerprint density at radius 3 is 2.37 bits per heavy atom. The van der Waals surface area contributed by atoms with E-state index in [1.54, 1.807) is 6.92 Å². The molecule has 1 atom stereocenters. The van der Waals surface area contributed by atoms with E-state index in [1.165, 1.54) is 34.6 Å². The van der Waals surface area contributed by atoms with Crippen molar-refractivity contribution in [1.82, 2.24) is 4.31 Å². The van der Waals surface area contributed by atoms with E-state index in [-0.39, 0.29) is 29.7 Å². The molecule has 144 valence electrons. The van der Waals surface area contributed by atoms with Gasteiger partial charge in [0.15, 0.2) is 0 Å². The van der Waals surface area contributed by atoms with Gasteiger partial charge in [-0.1, -0.05) is 6.07 Å². The van der Waals surface area contributed by atoms with E-state index in [0.717, 1.165) is 12.1 Å². The zero-order valence-corrected chi connectivity index (χ0v) is 15.3. The lowest BCUT2D eigenvalue weighted by Gasteiger charge is -2.30. The molecule has 0 bridgehead atoms. The molecule has 0 aliphatic carbocycles. The molecule has 1 N–H and O–H groups in total. The number of para-hydroxylation sites is 1. The predicted octanol–water partition coefficient (Wildman–Crippen LogP) is 2.63. The topological polar surface area (TPSA) is 75.7 Å². The smallest absolute Gasteiger partial charge is 0.255 e. The second kappa shape index (κ2) is 7.71. The van der Waals surface area contributed by atoms with E-state index in [4.69, 9.17) is 4.74 Å². The number of morpholine rings is 1. The number of benzene rings is 2. The van der Waals surface area contributed by atoms with Gasteiger partial charge in [-0.2, -0.15) is 4.31 Å². The van der Waals surface area contributed by atoms with E-state index < -0.39 is 33.3 Å². The van der Waals surface area contributed by atoms with Crippen molar-refractivity contribution in [2.45, 2.75) is 17.9 Å². The summed E-state index contributed by atoms with van der Waals surface area (Å²) in [7, 11) is -3.71. The molecule has 27 heavy (non-hydrogen) atoms. The van der Waals surface area contributed by atoms with Crippen LogP contribution in [0.15, 0.2) is 47.4 Å². The lowest BCUT2D eigenvalue weighted by Crippen LogP contribution is -2.44. The van der Waals surface area contributed by atoms with Gasteiger partial charge in [0.2, 0.25) is 10.0 Å². The van der Waals surface area contributed by atoms with Crippen LogP contribution in [0, 0.1) is 11.6 Å². The van der Waals surface area contributed by atoms with Crippen LogP contribution >= 0.6 is 0 Å². The second-order valence-corrected chi connectivity index (χ2v) is 8.06. The largest absolute Gasteiger partial charge is 0.376 e. The molecule has 1 heterocycles. The van der Waals surface area contributed by atoms with Crippen LogP contribution in [0.2, 0.25) is 0 Å². The van der Waals surface area contributed by atoms with Gasteiger partial charge in [0.25, 0.3) is 5.91 Å². The number of nitrogens with one attached hydrogen (secondary N) is 1. The summed E-state index contributed by atoms with van der Waals surface area (Å²) in [5.41, 5.74) is -0.478. The van der Waals surface area contributed by atoms with Crippen LogP contribution in [0.5, 0.6) is 0 Å². The van der Waals surface area contributed by atoms with E-state index >= 15 is 0 Å². The van der Waals surface area contributed by atoms with Crippen LogP contribution < -0.4 is 5.32 Å². The van der Waals surface area contributed by atoms with Gasteiger partial charge in [-0.3, -0.25) is 4.79 Å². The van der Waals surface area contributed by atoms with Gasteiger partial charge in [0.05, 0.1) is 17.6 Å². The van der Waals surface area contributed by atoms with E-state index in [1.807, 2.05) is 0 Å². The van der Waals surface area contributed by atoms with Crippen molar-refractivity contribution in [2.75, 3.05) is 25.0 Å². The zero-order valence-electron chi connectivity index (χ0n) is 14.5. The van der Waals surface area contributed by atoms with Gasteiger partial charge < -0.3 is 10.1 Å². The van der Waals surface area contributed by atoms with Crippen LogP contribution in [0.1, 0.15) is 17.3 Å². The van der Waals surface area contributed by atoms with Crippen LogP contribution in [0.25, 0.3) is 0 Å². The summed E-state index contributed by atoms with van der Waals surface area (Å²) in [4.78, 5) is 12.2.